The van der Waals surface area contributed by atoms with Gasteiger partial charge in [0.05, 0.1) is 6.61 Å². The van der Waals surface area contributed by atoms with E-state index in [-0.39, 0.29) is 0 Å². The SMILES string of the molecule is COCCNC1CC2(CC2)C1. The Morgan fingerprint density at radius 3 is 2.73 bits per heavy atom. The molecule has 2 rings (SSSR count). The summed E-state index contributed by atoms with van der Waals surface area (Å²) in [4.78, 5) is 0. The van der Waals surface area contributed by atoms with Crippen LogP contribution in [0.25, 0.3) is 0 Å². The number of hydrogen-bond acceptors (Lipinski definition) is 2. The summed E-state index contributed by atoms with van der Waals surface area (Å²) in [5, 5.41) is 3.49. The quantitative estimate of drug-likeness (QED) is 0.615. The molecule has 1 N–H and O–H groups in total. The van der Waals surface area contributed by atoms with Crippen LogP contribution in [0.1, 0.15) is 25.7 Å². The minimum Gasteiger partial charge on any atom is -0.383 e. The van der Waals surface area contributed by atoms with E-state index < -0.39 is 0 Å². The smallest absolute Gasteiger partial charge is 0.0587 e. The van der Waals surface area contributed by atoms with E-state index in [9.17, 15) is 0 Å². The zero-order valence-electron chi connectivity index (χ0n) is 7.23. The molecule has 0 atom stereocenters. The summed E-state index contributed by atoms with van der Waals surface area (Å²) in [6.45, 7) is 1.88. The van der Waals surface area contributed by atoms with Crippen LogP contribution in [0, 0.1) is 5.41 Å². The molecule has 0 aromatic rings. The van der Waals surface area contributed by atoms with Crippen LogP contribution in [0.4, 0.5) is 0 Å². The number of nitrogens with one attached hydrogen (secondary N) is 1. The monoisotopic (exact) mass is 155 g/mol. The fraction of sp³-hybridized carbons (Fsp3) is 1.00. The molecule has 0 aromatic carbocycles. The predicted molar refractivity (Wildman–Crippen MR) is 44.6 cm³/mol. The molecule has 0 saturated heterocycles. The summed E-state index contributed by atoms with van der Waals surface area (Å²) in [7, 11) is 1.75. The third-order valence-electron chi connectivity index (χ3n) is 3.06. The number of ether oxygens (including phenoxy) is 1. The third-order valence-corrected chi connectivity index (χ3v) is 3.06. The Balaban J connectivity index is 1.53. The second kappa shape index (κ2) is 2.76. The molecule has 0 bridgehead atoms. The van der Waals surface area contributed by atoms with Gasteiger partial charge in [-0.2, -0.15) is 0 Å². The van der Waals surface area contributed by atoms with Crippen LogP contribution < -0.4 is 5.32 Å². The van der Waals surface area contributed by atoms with Crippen molar-refractivity contribution in [3.63, 3.8) is 0 Å². The lowest BCUT2D eigenvalue weighted by Crippen LogP contribution is -2.43. The molecule has 11 heavy (non-hydrogen) atoms. The van der Waals surface area contributed by atoms with E-state index in [0.29, 0.717) is 0 Å². The van der Waals surface area contributed by atoms with Crippen LogP contribution >= 0.6 is 0 Å². The van der Waals surface area contributed by atoms with Gasteiger partial charge in [0.15, 0.2) is 0 Å². The van der Waals surface area contributed by atoms with E-state index in [4.69, 9.17) is 4.74 Å². The molecule has 2 aliphatic carbocycles. The van der Waals surface area contributed by atoms with Gasteiger partial charge in [0, 0.05) is 19.7 Å². The molecule has 2 saturated carbocycles. The highest BCUT2D eigenvalue weighted by Gasteiger charge is 2.52. The van der Waals surface area contributed by atoms with Gasteiger partial charge in [-0.05, 0) is 31.1 Å². The van der Waals surface area contributed by atoms with E-state index in [2.05, 4.69) is 5.32 Å². The van der Waals surface area contributed by atoms with Crippen LogP contribution in [0.5, 0.6) is 0 Å². The third kappa shape index (κ3) is 1.57. The maximum Gasteiger partial charge on any atom is 0.0587 e. The molecule has 0 aromatic heterocycles. The van der Waals surface area contributed by atoms with Gasteiger partial charge in [0.25, 0.3) is 0 Å². The standard InChI is InChI=1S/C9H17NO/c1-11-5-4-10-8-6-9(7-8)2-3-9/h8,10H,2-7H2,1H3. The Kier molecular flexibility index (Phi) is 1.90. The maximum atomic E-state index is 4.97. The summed E-state index contributed by atoms with van der Waals surface area (Å²) < 4.78 is 4.97. The largest absolute Gasteiger partial charge is 0.383 e. The first-order valence-electron chi connectivity index (χ1n) is 4.57. The highest BCUT2D eigenvalue weighted by Crippen LogP contribution is 2.60. The maximum absolute atomic E-state index is 4.97. The van der Waals surface area contributed by atoms with Crippen molar-refractivity contribution in [3.8, 4) is 0 Å². The Labute approximate surface area is 68.3 Å². The highest BCUT2D eigenvalue weighted by atomic mass is 16.5. The minimum atomic E-state index is 0.813. The fourth-order valence-corrected chi connectivity index (χ4v) is 2.08. The highest BCUT2D eigenvalue weighted by molar-refractivity contribution is 5.06. The average molecular weight is 155 g/mol. The van der Waals surface area contributed by atoms with Gasteiger partial charge in [-0.25, -0.2) is 0 Å². The first kappa shape index (κ1) is 7.56. The molecule has 0 heterocycles. The summed E-state index contributed by atoms with van der Waals surface area (Å²) in [5.74, 6) is 0. The van der Waals surface area contributed by atoms with E-state index in [1.54, 1.807) is 7.11 Å². The van der Waals surface area contributed by atoms with Gasteiger partial charge >= 0.3 is 0 Å². The molecule has 0 unspecified atom stereocenters. The van der Waals surface area contributed by atoms with Crippen LogP contribution in [-0.2, 0) is 4.74 Å². The fourth-order valence-electron chi connectivity index (χ4n) is 2.08. The lowest BCUT2D eigenvalue weighted by molar-refractivity contribution is 0.161. The van der Waals surface area contributed by atoms with Crippen LogP contribution in [0.3, 0.4) is 0 Å². The molecule has 0 aliphatic heterocycles. The second-order valence-electron chi connectivity index (χ2n) is 4.05. The summed E-state index contributed by atoms with van der Waals surface area (Å²) in [6, 6.07) is 0.813. The van der Waals surface area contributed by atoms with Crippen molar-refractivity contribution in [1.82, 2.24) is 5.32 Å². The number of methoxy groups -OCH3 is 1. The van der Waals surface area contributed by atoms with Gasteiger partial charge < -0.3 is 10.1 Å². The van der Waals surface area contributed by atoms with E-state index >= 15 is 0 Å². The zero-order chi connectivity index (χ0) is 7.73. The Morgan fingerprint density at radius 1 is 1.45 bits per heavy atom. The molecule has 2 aliphatic rings. The Morgan fingerprint density at radius 2 is 2.18 bits per heavy atom. The lowest BCUT2D eigenvalue weighted by Gasteiger charge is -2.36. The van der Waals surface area contributed by atoms with Gasteiger partial charge in [-0.3, -0.25) is 0 Å². The van der Waals surface area contributed by atoms with E-state index in [1.807, 2.05) is 0 Å². The Bertz CT molecular complexity index is 134. The number of rotatable bonds is 4. The van der Waals surface area contributed by atoms with Crippen molar-refractivity contribution in [2.45, 2.75) is 31.7 Å². The molecule has 2 nitrogen and oxygen atoms in total. The molecule has 0 amide bonds. The predicted octanol–water partition coefficient (Wildman–Crippen LogP) is 1.16. The van der Waals surface area contributed by atoms with Crippen molar-refractivity contribution in [3.05, 3.63) is 0 Å². The Hall–Kier alpha value is -0.0800. The van der Waals surface area contributed by atoms with Crippen molar-refractivity contribution < 1.29 is 4.74 Å². The molecule has 1 spiro atoms. The van der Waals surface area contributed by atoms with Crippen molar-refractivity contribution in [1.29, 1.82) is 0 Å². The summed E-state index contributed by atoms with van der Waals surface area (Å²) >= 11 is 0. The lowest BCUT2D eigenvalue weighted by atomic mass is 9.77. The molecular weight excluding hydrogens is 138 g/mol. The topological polar surface area (TPSA) is 21.3 Å². The van der Waals surface area contributed by atoms with Crippen molar-refractivity contribution in [2.75, 3.05) is 20.3 Å². The van der Waals surface area contributed by atoms with Gasteiger partial charge in [0.2, 0.25) is 0 Å². The van der Waals surface area contributed by atoms with Crippen LogP contribution in [-0.4, -0.2) is 26.3 Å². The van der Waals surface area contributed by atoms with Gasteiger partial charge in [-0.1, -0.05) is 0 Å². The molecule has 64 valence electrons. The molecule has 0 radical (unpaired) electrons. The molecular formula is C9H17NO. The minimum absolute atomic E-state index is 0.813. The normalized spacial score (nSPS) is 27.0. The van der Waals surface area contributed by atoms with E-state index in [1.165, 1.54) is 25.7 Å². The van der Waals surface area contributed by atoms with Crippen LogP contribution in [0.15, 0.2) is 0 Å². The second-order valence-corrected chi connectivity index (χ2v) is 4.05. The zero-order valence-corrected chi connectivity index (χ0v) is 7.23. The summed E-state index contributed by atoms with van der Waals surface area (Å²) in [6.07, 6.45) is 5.85. The average Bonchev–Trinajstić information content (AvgIpc) is 2.66. The van der Waals surface area contributed by atoms with Crippen molar-refractivity contribution >= 4 is 0 Å². The van der Waals surface area contributed by atoms with Crippen LogP contribution in [0.2, 0.25) is 0 Å². The van der Waals surface area contributed by atoms with Crippen molar-refractivity contribution in [2.24, 2.45) is 5.41 Å². The first-order valence-corrected chi connectivity index (χ1v) is 4.57. The van der Waals surface area contributed by atoms with E-state index in [0.717, 1.165) is 24.6 Å². The molecule has 2 heteroatoms. The van der Waals surface area contributed by atoms with Gasteiger partial charge in [0.1, 0.15) is 0 Å². The molecule has 2 fully saturated rings. The number of hydrogen-bond donors (Lipinski definition) is 1. The summed E-state index contributed by atoms with van der Waals surface area (Å²) in [5.41, 5.74) is 0.838. The first-order chi connectivity index (χ1) is 5.35. The van der Waals surface area contributed by atoms with Gasteiger partial charge in [-0.15, -0.1) is 0 Å².